The van der Waals surface area contributed by atoms with Crippen LogP contribution in [0.2, 0.25) is 0 Å². The molecule has 2 aliphatic carbocycles. The Bertz CT molecular complexity index is 426. The fourth-order valence-electron chi connectivity index (χ4n) is 4.33. The van der Waals surface area contributed by atoms with Crippen LogP contribution in [0.1, 0.15) is 56.2 Å². The van der Waals surface area contributed by atoms with E-state index in [1.54, 1.807) is 0 Å². The van der Waals surface area contributed by atoms with E-state index in [1.807, 2.05) is 6.20 Å². The van der Waals surface area contributed by atoms with Gasteiger partial charge in [0.2, 0.25) is 0 Å². The van der Waals surface area contributed by atoms with Gasteiger partial charge in [0.1, 0.15) is 0 Å². The molecule has 110 valence electrons. The van der Waals surface area contributed by atoms with E-state index in [2.05, 4.69) is 24.0 Å². The van der Waals surface area contributed by atoms with Crippen molar-refractivity contribution in [2.75, 3.05) is 0 Å². The van der Waals surface area contributed by atoms with Gasteiger partial charge >= 0.3 is 0 Å². The minimum absolute atomic E-state index is 0.299. The fraction of sp³-hybridized carbons (Fsp3) is 0.722. The molecule has 20 heavy (non-hydrogen) atoms. The van der Waals surface area contributed by atoms with Crippen molar-refractivity contribution in [2.45, 2.75) is 64.3 Å². The number of hydrogen-bond donors (Lipinski definition) is 1. The number of rotatable bonds is 3. The molecule has 2 N–H and O–H groups in total. The minimum atomic E-state index is 0.299. The van der Waals surface area contributed by atoms with E-state index >= 15 is 0 Å². The molecule has 2 fully saturated rings. The lowest BCUT2D eigenvalue weighted by molar-refractivity contribution is 0.117. The van der Waals surface area contributed by atoms with Gasteiger partial charge in [0.15, 0.2) is 0 Å². The first-order valence-corrected chi connectivity index (χ1v) is 8.39. The van der Waals surface area contributed by atoms with Gasteiger partial charge in [-0.05, 0) is 55.6 Å². The topological polar surface area (TPSA) is 38.9 Å². The van der Waals surface area contributed by atoms with E-state index in [0.29, 0.717) is 6.04 Å². The number of pyridine rings is 1. The van der Waals surface area contributed by atoms with Crippen LogP contribution in [0.5, 0.6) is 0 Å². The molecular weight excluding hydrogens is 244 g/mol. The molecule has 2 nitrogen and oxygen atoms in total. The summed E-state index contributed by atoms with van der Waals surface area (Å²) >= 11 is 0. The Morgan fingerprint density at radius 3 is 2.70 bits per heavy atom. The Labute approximate surface area is 123 Å². The summed E-state index contributed by atoms with van der Waals surface area (Å²) in [4.78, 5) is 4.51. The van der Waals surface area contributed by atoms with Crippen molar-refractivity contribution in [3.63, 3.8) is 0 Å². The lowest BCUT2D eigenvalue weighted by atomic mass is 9.66. The minimum Gasteiger partial charge on any atom is -0.327 e. The van der Waals surface area contributed by atoms with E-state index in [9.17, 15) is 0 Å². The normalized spacial score (nSPS) is 31.6. The van der Waals surface area contributed by atoms with Crippen LogP contribution in [0.3, 0.4) is 0 Å². The van der Waals surface area contributed by atoms with Crippen LogP contribution in [0, 0.1) is 24.7 Å². The molecule has 2 aliphatic rings. The first kappa shape index (κ1) is 14.1. The molecule has 0 saturated heterocycles. The van der Waals surface area contributed by atoms with Gasteiger partial charge in [0.25, 0.3) is 0 Å². The number of fused-ring (bicyclic) bond motifs is 1. The number of aromatic nitrogens is 1. The summed E-state index contributed by atoms with van der Waals surface area (Å²) in [6, 6.07) is 4.59. The van der Waals surface area contributed by atoms with E-state index in [-0.39, 0.29) is 0 Å². The summed E-state index contributed by atoms with van der Waals surface area (Å²) in [6.45, 7) is 2.08. The quantitative estimate of drug-likeness (QED) is 0.907. The standard InChI is InChI=1S/C18H28N2/c1-13-6-9-17(20-12-13)11-18(19)16-8-7-14-4-2-3-5-15(14)10-16/h6,9,12,14-16,18H,2-5,7-8,10-11,19H2,1H3. The van der Waals surface area contributed by atoms with Crippen molar-refractivity contribution < 1.29 is 0 Å². The average Bonchev–Trinajstić information content (AvgIpc) is 2.49. The van der Waals surface area contributed by atoms with Gasteiger partial charge in [0, 0.05) is 24.4 Å². The maximum atomic E-state index is 6.50. The highest BCUT2D eigenvalue weighted by molar-refractivity contribution is 5.13. The number of nitrogens with zero attached hydrogens (tertiary/aromatic N) is 1. The van der Waals surface area contributed by atoms with Crippen LogP contribution in [0.4, 0.5) is 0 Å². The van der Waals surface area contributed by atoms with Crippen LogP contribution < -0.4 is 5.73 Å². The van der Waals surface area contributed by atoms with Crippen LogP contribution in [0.25, 0.3) is 0 Å². The Morgan fingerprint density at radius 2 is 1.95 bits per heavy atom. The molecule has 4 atom stereocenters. The van der Waals surface area contributed by atoms with Gasteiger partial charge in [-0.25, -0.2) is 0 Å². The maximum absolute atomic E-state index is 6.50. The van der Waals surface area contributed by atoms with Gasteiger partial charge in [-0.3, -0.25) is 4.98 Å². The van der Waals surface area contributed by atoms with Crippen molar-refractivity contribution in [1.82, 2.24) is 4.98 Å². The lowest BCUT2D eigenvalue weighted by Gasteiger charge is -2.41. The highest BCUT2D eigenvalue weighted by atomic mass is 14.7. The molecule has 1 aromatic rings. The molecule has 0 aliphatic heterocycles. The molecule has 0 spiro atoms. The zero-order valence-corrected chi connectivity index (χ0v) is 12.7. The predicted octanol–water partition coefficient (Wildman–Crippen LogP) is 3.87. The predicted molar refractivity (Wildman–Crippen MR) is 83.4 cm³/mol. The van der Waals surface area contributed by atoms with E-state index in [1.165, 1.54) is 50.5 Å². The average molecular weight is 272 g/mol. The summed E-state index contributed by atoms with van der Waals surface area (Å²) in [6.07, 6.45) is 12.9. The second-order valence-corrected chi connectivity index (χ2v) is 7.07. The third-order valence-corrected chi connectivity index (χ3v) is 5.60. The van der Waals surface area contributed by atoms with Gasteiger partial charge in [-0.1, -0.05) is 31.7 Å². The van der Waals surface area contributed by atoms with Gasteiger partial charge in [-0.2, -0.15) is 0 Å². The largest absolute Gasteiger partial charge is 0.327 e. The van der Waals surface area contributed by atoms with Crippen LogP contribution in [0.15, 0.2) is 18.3 Å². The highest BCUT2D eigenvalue weighted by Crippen LogP contribution is 2.43. The molecule has 2 saturated carbocycles. The molecule has 2 heteroatoms. The Balaban J connectivity index is 1.57. The highest BCUT2D eigenvalue weighted by Gasteiger charge is 2.34. The zero-order valence-electron chi connectivity index (χ0n) is 12.7. The third-order valence-electron chi connectivity index (χ3n) is 5.60. The lowest BCUT2D eigenvalue weighted by Crippen LogP contribution is -2.39. The summed E-state index contributed by atoms with van der Waals surface area (Å²) < 4.78 is 0. The van der Waals surface area contributed by atoms with E-state index < -0.39 is 0 Å². The summed E-state index contributed by atoms with van der Waals surface area (Å²) in [5.41, 5.74) is 8.89. The van der Waals surface area contributed by atoms with Gasteiger partial charge in [0.05, 0.1) is 0 Å². The molecule has 1 heterocycles. The Hall–Kier alpha value is -0.890. The Kier molecular flexibility index (Phi) is 4.40. The zero-order chi connectivity index (χ0) is 13.9. The van der Waals surface area contributed by atoms with Crippen molar-refractivity contribution >= 4 is 0 Å². The molecular formula is C18H28N2. The third kappa shape index (κ3) is 3.22. The van der Waals surface area contributed by atoms with Crippen molar-refractivity contribution in [3.05, 3.63) is 29.6 Å². The second-order valence-electron chi connectivity index (χ2n) is 7.07. The number of hydrogen-bond acceptors (Lipinski definition) is 2. The first-order valence-electron chi connectivity index (χ1n) is 8.39. The van der Waals surface area contributed by atoms with Gasteiger partial charge in [-0.15, -0.1) is 0 Å². The first-order chi connectivity index (χ1) is 9.72. The Morgan fingerprint density at radius 1 is 1.15 bits per heavy atom. The van der Waals surface area contributed by atoms with E-state index in [0.717, 1.165) is 29.9 Å². The number of nitrogens with two attached hydrogens (primary N) is 1. The number of aryl methyl sites for hydroxylation is 1. The molecule has 3 rings (SSSR count). The van der Waals surface area contributed by atoms with Crippen LogP contribution in [-0.2, 0) is 6.42 Å². The maximum Gasteiger partial charge on any atom is 0.0419 e. The monoisotopic (exact) mass is 272 g/mol. The SMILES string of the molecule is Cc1ccc(CC(N)C2CCC3CCCCC3C2)nc1. The van der Waals surface area contributed by atoms with Crippen molar-refractivity contribution in [2.24, 2.45) is 23.5 Å². The van der Waals surface area contributed by atoms with Crippen molar-refractivity contribution in [1.29, 1.82) is 0 Å². The second kappa shape index (κ2) is 6.26. The smallest absolute Gasteiger partial charge is 0.0419 e. The summed E-state index contributed by atoms with van der Waals surface area (Å²) in [7, 11) is 0. The fourth-order valence-corrected chi connectivity index (χ4v) is 4.33. The molecule has 0 radical (unpaired) electrons. The summed E-state index contributed by atoms with van der Waals surface area (Å²) in [5.74, 6) is 2.71. The molecule has 0 amide bonds. The molecule has 0 bridgehead atoms. The molecule has 4 unspecified atom stereocenters. The molecule has 1 aromatic heterocycles. The van der Waals surface area contributed by atoms with E-state index in [4.69, 9.17) is 5.73 Å². The summed E-state index contributed by atoms with van der Waals surface area (Å²) in [5, 5.41) is 0. The van der Waals surface area contributed by atoms with Crippen LogP contribution in [-0.4, -0.2) is 11.0 Å². The van der Waals surface area contributed by atoms with Gasteiger partial charge < -0.3 is 5.73 Å². The van der Waals surface area contributed by atoms with Crippen molar-refractivity contribution in [3.8, 4) is 0 Å². The van der Waals surface area contributed by atoms with Crippen LogP contribution >= 0.6 is 0 Å². The molecule has 0 aromatic carbocycles.